The first kappa shape index (κ1) is 18.6. The van der Waals surface area contributed by atoms with Crippen LogP contribution in [0.5, 0.6) is 0 Å². The lowest BCUT2D eigenvalue weighted by Crippen LogP contribution is -2.53. The van der Waals surface area contributed by atoms with E-state index in [0.717, 1.165) is 49.7 Å². The van der Waals surface area contributed by atoms with Gasteiger partial charge in [0.15, 0.2) is 5.82 Å². The molecule has 28 heavy (non-hydrogen) atoms. The van der Waals surface area contributed by atoms with Crippen LogP contribution in [0.2, 0.25) is 0 Å². The third-order valence-electron chi connectivity index (χ3n) is 5.38. The van der Waals surface area contributed by atoms with Gasteiger partial charge in [-0.25, -0.2) is 9.37 Å². The number of benzene rings is 1. The Morgan fingerprint density at radius 1 is 1.18 bits per heavy atom. The number of nitrogens with one attached hydrogen (secondary N) is 1. The lowest BCUT2D eigenvalue weighted by Gasteiger charge is -2.38. The number of hydrogen-bond donors (Lipinski definition) is 1. The molecule has 0 spiro atoms. The van der Waals surface area contributed by atoms with E-state index in [1.54, 1.807) is 24.5 Å². The second-order valence-corrected chi connectivity index (χ2v) is 7.06. The maximum atomic E-state index is 13.4. The molecule has 1 saturated heterocycles. The number of anilines is 1. The molecule has 1 fully saturated rings. The van der Waals surface area contributed by atoms with Gasteiger partial charge in [-0.1, -0.05) is 0 Å². The Bertz CT molecular complexity index is 936. The highest BCUT2D eigenvalue weighted by Crippen LogP contribution is 2.29. The van der Waals surface area contributed by atoms with Crippen molar-refractivity contribution in [3.05, 3.63) is 59.9 Å². The molecule has 0 amide bonds. The Kier molecular flexibility index (Phi) is 5.34. The summed E-state index contributed by atoms with van der Waals surface area (Å²) >= 11 is 0. The first-order valence-electron chi connectivity index (χ1n) is 9.73. The van der Waals surface area contributed by atoms with Crippen LogP contribution in [0, 0.1) is 12.7 Å². The average Bonchev–Trinajstić information content (AvgIpc) is 3.08. The molecule has 1 N–H and O–H groups in total. The Morgan fingerprint density at radius 2 is 1.96 bits per heavy atom. The van der Waals surface area contributed by atoms with Gasteiger partial charge < -0.3 is 10.2 Å². The van der Waals surface area contributed by atoms with E-state index in [4.69, 9.17) is 0 Å². The summed E-state index contributed by atoms with van der Waals surface area (Å²) in [7, 11) is 0. The molecule has 1 aromatic carbocycles. The zero-order chi connectivity index (χ0) is 19.5. The molecule has 1 atom stereocenters. The summed E-state index contributed by atoms with van der Waals surface area (Å²) in [4.78, 5) is 11.5. The van der Waals surface area contributed by atoms with Crippen LogP contribution < -0.4 is 10.2 Å². The quantitative estimate of drug-likeness (QED) is 0.738. The minimum atomic E-state index is -0.252. The van der Waals surface area contributed by atoms with E-state index in [0.29, 0.717) is 0 Å². The number of hydrogen-bond acceptors (Lipinski definition) is 5. The number of rotatable bonds is 5. The monoisotopic (exact) mass is 380 g/mol. The zero-order valence-electron chi connectivity index (χ0n) is 16.3. The fourth-order valence-corrected chi connectivity index (χ4v) is 3.83. The normalized spacial score (nSPS) is 17.1. The van der Waals surface area contributed by atoms with E-state index < -0.39 is 0 Å². The van der Waals surface area contributed by atoms with E-state index >= 15 is 0 Å². The smallest absolute Gasteiger partial charge is 0.155 e. The van der Waals surface area contributed by atoms with Crippen LogP contribution in [0.1, 0.15) is 18.2 Å². The third kappa shape index (κ3) is 3.62. The van der Waals surface area contributed by atoms with Gasteiger partial charge in [0, 0.05) is 55.9 Å². The molecule has 0 saturated carbocycles. The molecule has 7 heteroatoms. The Labute approximate surface area is 164 Å². The Hall–Kier alpha value is -2.80. The van der Waals surface area contributed by atoms with Crippen molar-refractivity contribution in [3.8, 4) is 11.3 Å². The molecule has 2 aromatic heterocycles. The van der Waals surface area contributed by atoms with Crippen LogP contribution in [0.3, 0.4) is 0 Å². The summed E-state index contributed by atoms with van der Waals surface area (Å²) < 4.78 is 15.4. The molecule has 1 aliphatic heterocycles. The SMILES string of the molecule is CCn1ncc(CC2CNCCN2c2nccnc2-c2ccc(F)cc2)c1C. The van der Waals surface area contributed by atoms with Crippen molar-refractivity contribution >= 4 is 5.82 Å². The van der Waals surface area contributed by atoms with Gasteiger partial charge in [0.05, 0.1) is 6.20 Å². The van der Waals surface area contributed by atoms with Crippen LogP contribution in [0.25, 0.3) is 11.3 Å². The number of nitrogens with zero attached hydrogens (tertiary/aromatic N) is 5. The first-order chi connectivity index (χ1) is 13.7. The summed E-state index contributed by atoms with van der Waals surface area (Å²) in [5.74, 6) is 0.596. The predicted octanol–water partition coefficient (Wildman–Crippen LogP) is 2.83. The highest BCUT2D eigenvalue weighted by atomic mass is 19.1. The number of aryl methyl sites for hydroxylation is 1. The Morgan fingerprint density at radius 3 is 2.71 bits per heavy atom. The van der Waals surface area contributed by atoms with Gasteiger partial charge in [-0.3, -0.25) is 9.67 Å². The second-order valence-electron chi connectivity index (χ2n) is 7.06. The molecule has 146 valence electrons. The minimum absolute atomic E-state index is 0.248. The third-order valence-corrected chi connectivity index (χ3v) is 5.38. The van der Waals surface area contributed by atoms with Gasteiger partial charge in [0.25, 0.3) is 0 Å². The van der Waals surface area contributed by atoms with Gasteiger partial charge >= 0.3 is 0 Å². The highest BCUT2D eigenvalue weighted by Gasteiger charge is 2.27. The maximum Gasteiger partial charge on any atom is 0.155 e. The van der Waals surface area contributed by atoms with E-state index in [2.05, 4.69) is 39.1 Å². The van der Waals surface area contributed by atoms with Crippen molar-refractivity contribution in [2.45, 2.75) is 32.9 Å². The topological polar surface area (TPSA) is 58.9 Å². The van der Waals surface area contributed by atoms with Crippen molar-refractivity contribution in [3.63, 3.8) is 0 Å². The highest BCUT2D eigenvalue weighted by molar-refractivity contribution is 5.72. The summed E-state index contributed by atoms with van der Waals surface area (Å²) in [5.41, 5.74) is 4.13. The summed E-state index contributed by atoms with van der Waals surface area (Å²) in [6.07, 6.45) is 6.28. The zero-order valence-corrected chi connectivity index (χ0v) is 16.3. The molecule has 3 heterocycles. The summed E-state index contributed by atoms with van der Waals surface area (Å²) in [6, 6.07) is 6.69. The van der Waals surface area contributed by atoms with Crippen molar-refractivity contribution < 1.29 is 4.39 Å². The van der Waals surface area contributed by atoms with Crippen LogP contribution in [0.15, 0.2) is 42.9 Å². The summed E-state index contributed by atoms with van der Waals surface area (Å²) in [5, 5.41) is 7.98. The molecule has 6 nitrogen and oxygen atoms in total. The predicted molar refractivity (Wildman–Crippen MR) is 108 cm³/mol. The van der Waals surface area contributed by atoms with Gasteiger partial charge in [-0.05, 0) is 50.1 Å². The molecule has 1 aliphatic rings. The van der Waals surface area contributed by atoms with Crippen LogP contribution in [-0.2, 0) is 13.0 Å². The molecule has 0 aliphatic carbocycles. The van der Waals surface area contributed by atoms with E-state index in [1.807, 2.05) is 10.9 Å². The van der Waals surface area contributed by atoms with Crippen molar-refractivity contribution in [1.29, 1.82) is 0 Å². The van der Waals surface area contributed by atoms with E-state index in [-0.39, 0.29) is 11.9 Å². The van der Waals surface area contributed by atoms with Gasteiger partial charge in [-0.15, -0.1) is 0 Å². The van der Waals surface area contributed by atoms with Crippen molar-refractivity contribution in [1.82, 2.24) is 25.1 Å². The average molecular weight is 380 g/mol. The molecule has 1 unspecified atom stereocenters. The fraction of sp³-hybridized carbons (Fsp3) is 0.381. The molecule has 0 bridgehead atoms. The molecule has 3 aromatic rings. The number of piperazine rings is 1. The van der Waals surface area contributed by atoms with Crippen LogP contribution in [0.4, 0.5) is 10.2 Å². The number of halogens is 1. The van der Waals surface area contributed by atoms with E-state index in [9.17, 15) is 4.39 Å². The molecular formula is C21H25FN6. The number of aromatic nitrogens is 4. The minimum Gasteiger partial charge on any atom is -0.349 e. The molecular weight excluding hydrogens is 355 g/mol. The van der Waals surface area contributed by atoms with Gasteiger partial charge in [0.1, 0.15) is 11.5 Å². The molecule has 4 rings (SSSR count). The Balaban J connectivity index is 1.66. The first-order valence-corrected chi connectivity index (χ1v) is 9.73. The second kappa shape index (κ2) is 8.06. The summed E-state index contributed by atoms with van der Waals surface area (Å²) in [6.45, 7) is 7.71. The standard InChI is InChI=1S/C21H25FN6/c1-3-28-15(2)17(13-26-28)12-19-14-23-10-11-27(19)21-20(24-8-9-25-21)16-4-6-18(22)7-5-16/h4-9,13,19,23H,3,10-12,14H2,1-2H3. The van der Waals surface area contributed by atoms with Gasteiger partial charge in [0.2, 0.25) is 0 Å². The van der Waals surface area contributed by atoms with Crippen molar-refractivity contribution in [2.24, 2.45) is 0 Å². The van der Waals surface area contributed by atoms with Gasteiger partial charge in [-0.2, -0.15) is 5.10 Å². The van der Waals surface area contributed by atoms with Crippen molar-refractivity contribution in [2.75, 3.05) is 24.5 Å². The maximum absolute atomic E-state index is 13.4. The lowest BCUT2D eigenvalue weighted by molar-refractivity contribution is 0.469. The molecule has 0 radical (unpaired) electrons. The van der Waals surface area contributed by atoms with Crippen LogP contribution in [-0.4, -0.2) is 45.4 Å². The van der Waals surface area contributed by atoms with Crippen LogP contribution >= 0.6 is 0 Å². The largest absolute Gasteiger partial charge is 0.349 e. The fourth-order valence-electron chi connectivity index (χ4n) is 3.83. The lowest BCUT2D eigenvalue weighted by atomic mass is 10.0. The van der Waals surface area contributed by atoms with E-state index in [1.165, 1.54) is 23.4 Å².